The maximum absolute atomic E-state index is 12.1. The number of nitrogens with one attached hydrogen (secondary N) is 1. The Hall–Kier alpha value is -1.47. The van der Waals surface area contributed by atoms with E-state index in [9.17, 15) is 4.79 Å². The zero-order valence-electron chi connectivity index (χ0n) is 13.8. The second-order valence-corrected chi connectivity index (χ2v) is 6.38. The fraction of sp³-hybridized carbons (Fsp3) is 0.800. The van der Waals surface area contributed by atoms with Crippen LogP contribution in [0.2, 0.25) is 0 Å². The molecule has 22 heavy (non-hydrogen) atoms. The van der Waals surface area contributed by atoms with Gasteiger partial charge in [-0.25, -0.2) is 0 Å². The van der Waals surface area contributed by atoms with Crippen molar-refractivity contribution in [1.29, 1.82) is 0 Å². The molecule has 0 unspecified atom stereocenters. The molecule has 1 saturated heterocycles. The lowest BCUT2D eigenvalue weighted by Crippen LogP contribution is -2.40. The predicted molar refractivity (Wildman–Crippen MR) is 81.4 cm³/mol. The molecule has 0 aromatic carbocycles. The Morgan fingerprint density at radius 2 is 2.05 bits per heavy atom. The highest BCUT2D eigenvalue weighted by molar-refractivity contribution is 5.78. The lowest BCUT2D eigenvalue weighted by atomic mass is 9.91. The molecule has 2 rings (SSSR count). The normalized spacial score (nSPS) is 17.9. The van der Waals surface area contributed by atoms with Crippen LogP contribution in [-0.2, 0) is 9.53 Å². The van der Waals surface area contributed by atoms with Crippen LogP contribution in [0.3, 0.4) is 0 Å². The molecule has 1 aliphatic heterocycles. The molecule has 2 heterocycles. The van der Waals surface area contributed by atoms with E-state index in [4.69, 9.17) is 9.26 Å². The Bertz CT molecular complexity index is 481. The summed E-state index contributed by atoms with van der Waals surface area (Å²) >= 11 is 0. The summed E-state index contributed by atoms with van der Waals surface area (Å²) in [7, 11) is 3.74. The molecule has 0 radical (unpaired) electrons. The quantitative estimate of drug-likeness (QED) is 0.854. The molecule has 1 aromatic rings. The van der Waals surface area contributed by atoms with E-state index in [1.54, 1.807) is 0 Å². The van der Waals surface area contributed by atoms with Crippen LogP contribution in [0, 0.1) is 5.92 Å². The van der Waals surface area contributed by atoms with Crippen LogP contribution in [0.25, 0.3) is 0 Å². The van der Waals surface area contributed by atoms with Gasteiger partial charge in [-0.3, -0.25) is 4.79 Å². The predicted octanol–water partition coefficient (Wildman–Crippen LogP) is 1.34. The first kappa shape index (κ1) is 16.9. The molecule has 0 aliphatic carbocycles. The number of nitrogens with zero attached hydrogens (tertiary/aromatic N) is 3. The van der Waals surface area contributed by atoms with E-state index in [0.29, 0.717) is 31.5 Å². The topological polar surface area (TPSA) is 80.5 Å². The number of amides is 1. The molecule has 1 atom stereocenters. The van der Waals surface area contributed by atoms with Gasteiger partial charge in [-0.1, -0.05) is 19.0 Å². The van der Waals surface area contributed by atoms with Gasteiger partial charge < -0.3 is 19.5 Å². The Morgan fingerprint density at radius 3 is 2.59 bits per heavy atom. The number of carbonyl (C=O) groups excluding carboxylic acids is 1. The molecule has 1 aliphatic rings. The maximum Gasteiger partial charge on any atom is 0.249 e. The third-order valence-corrected chi connectivity index (χ3v) is 3.75. The summed E-state index contributed by atoms with van der Waals surface area (Å²) in [5.74, 6) is 1.60. The van der Waals surface area contributed by atoms with Gasteiger partial charge in [-0.2, -0.15) is 4.98 Å². The van der Waals surface area contributed by atoms with Crippen molar-refractivity contribution in [3.63, 3.8) is 0 Å². The fourth-order valence-corrected chi connectivity index (χ4v) is 2.54. The number of likely N-dealkylation sites (N-methyl/N-ethyl adjacent to an activating group) is 1. The van der Waals surface area contributed by atoms with Crippen molar-refractivity contribution in [1.82, 2.24) is 20.4 Å². The summed E-state index contributed by atoms with van der Waals surface area (Å²) in [5, 5.41) is 7.07. The molecule has 7 nitrogen and oxygen atoms in total. The van der Waals surface area contributed by atoms with Gasteiger partial charge >= 0.3 is 0 Å². The number of carbonyl (C=O) groups is 1. The van der Waals surface area contributed by atoms with Crippen molar-refractivity contribution in [2.75, 3.05) is 33.9 Å². The molecule has 124 valence electrons. The summed E-state index contributed by atoms with van der Waals surface area (Å²) in [6.45, 7) is 5.78. The number of aromatic nitrogens is 2. The van der Waals surface area contributed by atoms with Gasteiger partial charge in [0.1, 0.15) is 6.04 Å². The zero-order chi connectivity index (χ0) is 16.1. The van der Waals surface area contributed by atoms with Gasteiger partial charge in [0.05, 0.1) is 6.54 Å². The SMILES string of the molecule is CC(C)c1noc([C@@H](NC(=O)CN(C)C)C2CCOCC2)n1. The lowest BCUT2D eigenvalue weighted by molar-refractivity contribution is -0.123. The van der Waals surface area contributed by atoms with Gasteiger partial charge in [-0.05, 0) is 32.9 Å². The van der Waals surface area contributed by atoms with Crippen molar-refractivity contribution >= 4 is 5.91 Å². The van der Waals surface area contributed by atoms with Crippen LogP contribution in [0.1, 0.15) is 50.4 Å². The minimum atomic E-state index is -0.239. The third-order valence-electron chi connectivity index (χ3n) is 3.75. The summed E-state index contributed by atoms with van der Waals surface area (Å²) in [4.78, 5) is 18.5. The van der Waals surface area contributed by atoms with E-state index in [0.717, 1.165) is 12.8 Å². The number of hydrogen-bond acceptors (Lipinski definition) is 6. The Morgan fingerprint density at radius 1 is 1.36 bits per heavy atom. The van der Waals surface area contributed by atoms with Crippen molar-refractivity contribution < 1.29 is 14.1 Å². The number of rotatable bonds is 6. The summed E-state index contributed by atoms with van der Waals surface area (Å²) in [6.07, 6.45) is 1.76. The molecule has 1 fully saturated rings. The third kappa shape index (κ3) is 4.51. The lowest BCUT2D eigenvalue weighted by Gasteiger charge is -2.28. The molecule has 0 saturated carbocycles. The second-order valence-electron chi connectivity index (χ2n) is 6.38. The van der Waals surface area contributed by atoms with Crippen LogP contribution >= 0.6 is 0 Å². The minimum Gasteiger partial charge on any atom is -0.381 e. The molecule has 1 N–H and O–H groups in total. The molecule has 1 amide bonds. The Balaban J connectivity index is 2.14. The van der Waals surface area contributed by atoms with Gasteiger partial charge in [0, 0.05) is 19.1 Å². The minimum absolute atomic E-state index is 0.0363. The monoisotopic (exact) mass is 310 g/mol. The highest BCUT2D eigenvalue weighted by Gasteiger charge is 2.31. The largest absolute Gasteiger partial charge is 0.381 e. The highest BCUT2D eigenvalue weighted by Crippen LogP contribution is 2.29. The zero-order valence-corrected chi connectivity index (χ0v) is 13.8. The maximum atomic E-state index is 12.1. The van der Waals surface area contributed by atoms with Crippen LogP contribution in [-0.4, -0.2) is 54.8 Å². The smallest absolute Gasteiger partial charge is 0.249 e. The van der Waals surface area contributed by atoms with E-state index < -0.39 is 0 Å². The molecular formula is C15H26N4O3. The molecule has 0 bridgehead atoms. The number of hydrogen-bond donors (Lipinski definition) is 1. The van der Waals surface area contributed by atoms with Gasteiger partial charge in [-0.15, -0.1) is 0 Å². The molecule has 7 heteroatoms. The van der Waals surface area contributed by atoms with E-state index in [1.807, 2.05) is 32.8 Å². The molecular weight excluding hydrogens is 284 g/mol. The first-order valence-corrected chi connectivity index (χ1v) is 7.82. The Kier molecular flexibility index (Phi) is 5.90. The van der Waals surface area contributed by atoms with E-state index in [-0.39, 0.29) is 23.8 Å². The van der Waals surface area contributed by atoms with Crippen molar-refractivity contribution in [2.45, 2.75) is 38.6 Å². The van der Waals surface area contributed by atoms with Gasteiger partial charge in [0.15, 0.2) is 5.82 Å². The van der Waals surface area contributed by atoms with Crippen molar-refractivity contribution in [2.24, 2.45) is 5.92 Å². The van der Waals surface area contributed by atoms with E-state index in [1.165, 1.54) is 0 Å². The Labute approximate surface area is 131 Å². The molecule has 1 aromatic heterocycles. The fourth-order valence-electron chi connectivity index (χ4n) is 2.54. The van der Waals surface area contributed by atoms with E-state index in [2.05, 4.69) is 15.5 Å². The van der Waals surface area contributed by atoms with Crippen LogP contribution in [0.15, 0.2) is 4.52 Å². The van der Waals surface area contributed by atoms with Gasteiger partial charge in [0.25, 0.3) is 0 Å². The molecule has 0 spiro atoms. The number of ether oxygens (including phenoxy) is 1. The van der Waals surface area contributed by atoms with Crippen molar-refractivity contribution in [3.8, 4) is 0 Å². The first-order chi connectivity index (χ1) is 10.5. The van der Waals surface area contributed by atoms with Crippen molar-refractivity contribution in [3.05, 3.63) is 11.7 Å². The van der Waals surface area contributed by atoms with Gasteiger partial charge in [0.2, 0.25) is 11.8 Å². The van der Waals surface area contributed by atoms with Crippen LogP contribution in [0.4, 0.5) is 0 Å². The summed E-state index contributed by atoms with van der Waals surface area (Å²) in [5.41, 5.74) is 0. The second kappa shape index (κ2) is 7.69. The van der Waals surface area contributed by atoms with E-state index >= 15 is 0 Å². The highest BCUT2D eigenvalue weighted by atomic mass is 16.5. The standard InChI is InChI=1S/C15H26N4O3/c1-10(2)14-17-15(22-18-14)13(11-5-7-21-8-6-11)16-12(20)9-19(3)4/h10-11,13H,5-9H2,1-4H3,(H,16,20)/t13-/m0/s1. The average Bonchev–Trinajstić information content (AvgIpc) is 2.94. The first-order valence-electron chi connectivity index (χ1n) is 7.82. The average molecular weight is 310 g/mol. The van der Waals surface area contributed by atoms with Crippen LogP contribution < -0.4 is 5.32 Å². The summed E-state index contributed by atoms with van der Waals surface area (Å²) < 4.78 is 10.8. The summed E-state index contributed by atoms with van der Waals surface area (Å²) in [6, 6.07) is -0.239. The van der Waals surface area contributed by atoms with Crippen LogP contribution in [0.5, 0.6) is 0 Å².